The van der Waals surface area contributed by atoms with Crippen molar-refractivity contribution in [2.45, 2.75) is 39.8 Å². The number of nitrogens with one attached hydrogen (secondary N) is 2. The number of furan rings is 1. The molecule has 2 aromatic rings. The quantitative estimate of drug-likeness (QED) is 0.350. The van der Waals surface area contributed by atoms with Crippen molar-refractivity contribution < 1.29 is 9.52 Å². The molecule has 1 aromatic carbocycles. The molecule has 0 aliphatic rings. The molecule has 0 radical (unpaired) electrons. The summed E-state index contributed by atoms with van der Waals surface area (Å²) in [5, 5.41) is 16.8. The molecule has 0 amide bonds. The lowest BCUT2D eigenvalue weighted by molar-refractivity contribution is 0.187. The summed E-state index contributed by atoms with van der Waals surface area (Å²) in [5.74, 6) is 2.40. The monoisotopic (exact) mass is 457 g/mol. The highest BCUT2D eigenvalue weighted by molar-refractivity contribution is 14.0. The Morgan fingerprint density at radius 2 is 1.84 bits per heavy atom. The van der Waals surface area contributed by atoms with Crippen LogP contribution in [0.15, 0.2) is 45.8 Å². The first-order chi connectivity index (χ1) is 11.5. The second-order valence-corrected chi connectivity index (χ2v) is 5.96. The maximum Gasteiger partial charge on any atom is 0.191 e. The fourth-order valence-corrected chi connectivity index (χ4v) is 2.35. The maximum absolute atomic E-state index is 10.3. The van der Waals surface area contributed by atoms with E-state index in [1.54, 1.807) is 0 Å². The first kappa shape index (κ1) is 21.5. The van der Waals surface area contributed by atoms with E-state index in [4.69, 9.17) is 4.42 Å². The van der Waals surface area contributed by atoms with Crippen LogP contribution in [-0.4, -0.2) is 24.2 Å². The van der Waals surface area contributed by atoms with Gasteiger partial charge in [0.25, 0.3) is 0 Å². The van der Waals surface area contributed by atoms with E-state index in [1.165, 1.54) is 5.56 Å². The van der Waals surface area contributed by atoms with Gasteiger partial charge in [0, 0.05) is 6.54 Å². The number of nitrogens with zero attached hydrogens (tertiary/aromatic N) is 1. The van der Waals surface area contributed by atoms with Gasteiger partial charge in [-0.25, -0.2) is 0 Å². The normalized spacial score (nSPS) is 13.7. The SMILES string of the molecule is CCNC(=NCC(O)c1ccc(C)cc1)NC(C)c1ccc(C)o1.I. The van der Waals surface area contributed by atoms with Gasteiger partial charge in [0.05, 0.1) is 18.7 Å². The molecule has 3 N–H and O–H groups in total. The number of rotatable bonds is 6. The number of aryl methyl sites for hydroxylation is 2. The molecule has 138 valence electrons. The van der Waals surface area contributed by atoms with Crippen LogP contribution in [0, 0.1) is 13.8 Å². The molecule has 25 heavy (non-hydrogen) atoms. The van der Waals surface area contributed by atoms with Crippen molar-refractivity contribution in [3.05, 3.63) is 59.0 Å². The number of halogens is 1. The van der Waals surface area contributed by atoms with Crippen LogP contribution in [0.4, 0.5) is 0 Å². The summed E-state index contributed by atoms with van der Waals surface area (Å²) in [6.45, 7) is 9.02. The van der Waals surface area contributed by atoms with Crippen molar-refractivity contribution >= 4 is 29.9 Å². The lowest BCUT2D eigenvalue weighted by Gasteiger charge is -2.17. The van der Waals surface area contributed by atoms with Crippen LogP contribution in [0.1, 0.15) is 48.6 Å². The van der Waals surface area contributed by atoms with Gasteiger partial charge in [-0.05, 0) is 45.4 Å². The Hall–Kier alpha value is -1.54. The Morgan fingerprint density at radius 1 is 1.16 bits per heavy atom. The molecule has 2 rings (SSSR count). The van der Waals surface area contributed by atoms with Crippen LogP contribution in [-0.2, 0) is 0 Å². The minimum Gasteiger partial charge on any atom is -0.464 e. The molecule has 0 aliphatic carbocycles. The van der Waals surface area contributed by atoms with Gasteiger partial charge in [0.1, 0.15) is 11.5 Å². The number of aliphatic hydroxyl groups excluding tert-OH is 1. The Balaban J connectivity index is 0.00000312. The van der Waals surface area contributed by atoms with Crippen molar-refractivity contribution in [1.82, 2.24) is 10.6 Å². The Bertz CT molecular complexity index is 668. The van der Waals surface area contributed by atoms with E-state index in [0.717, 1.165) is 23.6 Å². The second-order valence-electron chi connectivity index (χ2n) is 5.96. The van der Waals surface area contributed by atoms with Gasteiger partial charge in [-0.2, -0.15) is 0 Å². The lowest BCUT2D eigenvalue weighted by Crippen LogP contribution is -2.39. The number of hydrogen-bond acceptors (Lipinski definition) is 3. The van der Waals surface area contributed by atoms with Gasteiger partial charge >= 0.3 is 0 Å². The van der Waals surface area contributed by atoms with Gasteiger partial charge in [0.2, 0.25) is 0 Å². The van der Waals surface area contributed by atoms with Crippen molar-refractivity contribution in [2.75, 3.05) is 13.1 Å². The van der Waals surface area contributed by atoms with Crippen molar-refractivity contribution in [3.63, 3.8) is 0 Å². The fourth-order valence-electron chi connectivity index (χ4n) is 2.35. The molecule has 1 aromatic heterocycles. The minimum absolute atomic E-state index is 0. The van der Waals surface area contributed by atoms with Gasteiger partial charge in [-0.3, -0.25) is 4.99 Å². The zero-order valence-corrected chi connectivity index (χ0v) is 17.6. The average Bonchev–Trinajstić information content (AvgIpc) is 3.00. The average molecular weight is 457 g/mol. The summed E-state index contributed by atoms with van der Waals surface area (Å²) in [6, 6.07) is 11.7. The van der Waals surface area contributed by atoms with Gasteiger partial charge in [0.15, 0.2) is 5.96 Å². The van der Waals surface area contributed by atoms with E-state index >= 15 is 0 Å². The summed E-state index contributed by atoms with van der Waals surface area (Å²) in [5.41, 5.74) is 2.04. The first-order valence-electron chi connectivity index (χ1n) is 8.35. The molecule has 2 unspecified atom stereocenters. The highest BCUT2D eigenvalue weighted by Crippen LogP contribution is 2.16. The number of guanidine groups is 1. The van der Waals surface area contributed by atoms with E-state index in [9.17, 15) is 5.11 Å². The molecular weight excluding hydrogens is 429 g/mol. The second kappa shape index (κ2) is 10.5. The highest BCUT2D eigenvalue weighted by Gasteiger charge is 2.12. The maximum atomic E-state index is 10.3. The van der Waals surface area contributed by atoms with Crippen LogP contribution in [0.5, 0.6) is 0 Å². The molecule has 0 bridgehead atoms. The molecule has 5 nitrogen and oxygen atoms in total. The molecule has 0 fully saturated rings. The zero-order valence-electron chi connectivity index (χ0n) is 15.2. The van der Waals surface area contributed by atoms with Crippen molar-refractivity contribution in [3.8, 4) is 0 Å². The Morgan fingerprint density at radius 3 is 2.40 bits per heavy atom. The topological polar surface area (TPSA) is 69.8 Å². The number of aliphatic hydroxyl groups is 1. The summed E-state index contributed by atoms with van der Waals surface area (Å²) in [7, 11) is 0. The van der Waals surface area contributed by atoms with Crippen LogP contribution in [0.2, 0.25) is 0 Å². The molecule has 0 saturated carbocycles. The van der Waals surface area contributed by atoms with Crippen LogP contribution >= 0.6 is 24.0 Å². The fraction of sp³-hybridized carbons (Fsp3) is 0.421. The predicted molar refractivity (Wildman–Crippen MR) is 113 cm³/mol. The smallest absolute Gasteiger partial charge is 0.191 e. The molecule has 6 heteroatoms. The predicted octanol–water partition coefficient (Wildman–Crippen LogP) is 3.86. The highest BCUT2D eigenvalue weighted by atomic mass is 127. The molecule has 0 aliphatic heterocycles. The van der Waals surface area contributed by atoms with E-state index in [-0.39, 0.29) is 30.0 Å². The number of aliphatic imine (C=N–C) groups is 1. The third kappa shape index (κ3) is 6.70. The van der Waals surface area contributed by atoms with Crippen LogP contribution < -0.4 is 10.6 Å². The van der Waals surface area contributed by atoms with Gasteiger partial charge in [-0.1, -0.05) is 29.8 Å². The standard InChI is InChI=1S/C19H27N3O2.HI/c1-5-20-19(22-15(4)18-11-8-14(3)24-18)21-12-17(23)16-9-6-13(2)7-10-16;/h6-11,15,17,23H,5,12H2,1-4H3,(H2,20,21,22);1H. The molecule has 0 saturated heterocycles. The summed E-state index contributed by atoms with van der Waals surface area (Å²) < 4.78 is 5.64. The molecular formula is C19H28IN3O2. The molecule has 2 atom stereocenters. The van der Waals surface area contributed by atoms with E-state index in [1.807, 2.05) is 64.1 Å². The lowest BCUT2D eigenvalue weighted by atomic mass is 10.1. The number of benzene rings is 1. The Kier molecular flexibility index (Phi) is 8.99. The third-order valence-electron chi connectivity index (χ3n) is 3.77. The Labute approximate surface area is 167 Å². The van der Waals surface area contributed by atoms with Crippen molar-refractivity contribution in [1.29, 1.82) is 0 Å². The molecule has 1 heterocycles. The summed E-state index contributed by atoms with van der Waals surface area (Å²) >= 11 is 0. The van der Waals surface area contributed by atoms with Crippen LogP contribution in [0.3, 0.4) is 0 Å². The largest absolute Gasteiger partial charge is 0.464 e. The van der Waals surface area contributed by atoms with Crippen LogP contribution in [0.25, 0.3) is 0 Å². The summed E-state index contributed by atoms with van der Waals surface area (Å²) in [4.78, 5) is 4.49. The van der Waals surface area contributed by atoms with E-state index < -0.39 is 6.10 Å². The van der Waals surface area contributed by atoms with Gasteiger partial charge in [-0.15, -0.1) is 24.0 Å². The third-order valence-corrected chi connectivity index (χ3v) is 3.77. The first-order valence-corrected chi connectivity index (χ1v) is 8.35. The van der Waals surface area contributed by atoms with Crippen molar-refractivity contribution in [2.24, 2.45) is 4.99 Å². The number of hydrogen-bond donors (Lipinski definition) is 3. The molecule has 0 spiro atoms. The van der Waals surface area contributed by atoms with Gasteiger partial charge < -0.3 is 20.2 Å². The minimum atomic E-state index is -0.623. The zero-order chi connectivity index (χ0) is 17.5. The van der Waals surface area contributed by atoms with E-state index in [0.29, 0.717) is 12.5 Å². The van der Waals surface area contributed by atoms with E-state index in [2.05, 4.69) is 15.6 Å². The summed E-state index contributed by atoms with van der Waals surface area (Å²) in [6.07, 6.45) is -0.623.